The summed E-state index contributed by atoms with van der Waals surface area (Å²) in [5.74, 6) is 2.78. The third-order valence-electron chi connectivity index (χ3n) is 6.85. The van der Waals surface area contributed by atoms with Crippen LogP contribution in [0.4, 0.5) is 0 Å². The second kappa shape index (κ2) is 10.9. The molecule has 0 aromatic heterocycles. The van der Waals surface area contributed by atoms with Gasteiger partial charge in [-0.3, -0.25) is 9.05 Å². The van der Waals surface area contributed by atoms with Crippen LogP contribution in [0.25, 0.3) is 0 Å². The van der Waals surface area contributed by atoms with Gasteiger partial charge >= 0.3 is 7.82 Å². The molecule has 2 rings (SSSR count). The number of rotatable bonds is 11. The third kappa shape index (κ3) is 6.49. The van der Waals surface area contributed by atoms with Crippen LogP contribution >= 0.6 is 7.82 Å². The Morgan fingerprint density at radius 3 is 2.54 bits per heavy atom. The van der Waals surface area contributed by atoms with E-state index >= 15 is 0 Å². The van der Waals surface area contributed by atoms with Crippen LogP contribution in [-0.4, -0.2) is 49.1 Å². The molecule has 0 amide bonds. The molecule has 6 atom stereocenters. The Hall–Kier alpha value is -0.0100. The third-order valence-corrected chi connectivity index (χ3v) is 7.83. The van der Waals surface area contributed by atoms with Crippen LogP contribution in [0.1, 0.15) is 59.3 Å². The molecule has 0 aromatic carbocycles. The second-order valence-electron chi connectivity index (χ2n) is 9.14. The van der Waals surface area contributed by atoms with Gasteiger partial charge in [-0.15, -0.1) is 0 Å². The van der Waals surface area contributed by atoms with Gasteiger partial charge in [0, 0.05) is 6.54 Å². The average Bonchev–Trinajstić information content (AvgIpc) is 2.94. The van der Waals surface area contributed by atoms with Crippen molar-refractivity contribution in [1.82, 2.24) is 0 Å². The monoisotopic (exact) mass is 421 g/mol. The molecule has 8 heteroatoms. The van der Waals surface area contributed by atoms with E-state index in [1.54, 1.807) is 0 Å². The summed E-state index contributed by atoms with van der Waals surface area (Å²) in [5.41, 5.74) is 5.42. The number of ether oxygens (including phenoxy) is 1. The Morgan fingerprint density at radius 2 is 1.89 bits per heavy atom. The molecule has 166 valence electrons. The van der Waals surface area contributed by atoms with Crippen LogP contribution in [0.15, 0.2) is 0 Å². The van der Waals surface area contributed by atoms with Crippen LogP contribution in [0.2, 0.25) is 0 Å². The minimum atomic E-state index is -4.16. The Balaban J connectivity index is 1.97. The SMILES string of the molecule is CC1CCC2C(C(C)C)CCC2(CO[C@@H](CO)COP(=O)(O)OCCN)CC1. The molecular formula is C20H40NO6P. The highest BCUT2D eigenvalue weighted by Crippen LogP contribution is 2.56. The summed E-state index contributed by atoms with van der Waals surface area (Å²) in [6.45, 7) is 7.18. The van der Waals surface area contributed by atoms with Crippen LogP contribution in [-0.2, 0) is 18.3 Å². The van der Waals surface area contributed by atoms with Crippen LogP contribution < -0.4 is 5.73 Å². The molecule has 0 bridgehead atoms. The first-order valence-electron chi connectivity index (χ1n) is 10.8. The normalized spacial score (nSPS) is 34.0. The van der Waals surface area contributed by atoms with Crippen LogP contribution in [0, 0.1) is 29.1 Å². The average molecular weight is 422 g/mol. The van der Waals surface area contributed by atoms with Gasteiger partial charge in [0.05, 0.1) is 26.4 Å². The lowest BCUT2D eigenvalue weighted by molar-refractivity contribution is -0.0720. The quantitative estimate of drug-likeness (QED) is 0.439. The van der Waals surface area contributed by atoms with Gasteiger partial charge in [0.2, 0.25) is 0 Å². The maximum absolute atomic E-state index is 11.8. The summed E-state index contributed by atoms with van der Waals surface area (Å²) in [5, 5.41) is 9.67. The Labute approximate surface area is 169 Å². The predicted octanol–water partition coefficient (Wildman–Crippen LogP) is 3.33. The van der Waals surface area contributed by atoms with E-state index in [4.69, 9.17) is 19.5 Å². The van der Waals surface area contributed by atoms with Crippen molar-refractivity contribution < 1.29 is 28.3 Å². The van der Waals surface area contributed by atoms with Gasteiger partial charge in [0.15, 0.2) is 0 Å². The molecule has 0 saturated heterocycles. The van der Waals surface area contributed by atoms with E-state index < -0.39 is 13.9 Å². The Kier molecular flexibility index (Phi) is 9.40. The number of nitrogens with two attached hydrogens (primary N) is 1. The lowest BCUT2D eigenvalue weighted by atomic mass is 9.70. The predicted molar refractivity (Wildman–Crippen MR) is 109 cm³/mol. The molecule has 0 aliphatic heterocycles. The smallest absolute Gasteiger partial charge is 0.394 e. The summed E-state index contributed by atoms with van der Waals surface area (Å²) in [7, 11) is -4.16. The number of fused-ring (bicyclic) bond motifs is 1. The standard InChI is InChI=1S/C20H40NO6P/c1-15(2)18-7-9-20(8-6-16(3)4-5-19(18)20)14-25-17(12-22)13-27-28(23,24)26-11-10-21/h15-19,22H,4-14,21H2,1-3H3,(H,23,24)/t16?,17-,18?,19?,20?/m0/s1. The maximum atomic E-state index is 11.8. The lowest BCUT2D eigenvalue weighted by Gasteiger charge is -2.38. The van der Waals surface area contributed by atoms with Gasteiger partial charge in [0.25, 0.3) is 0 Å². The van der Waals surface area contributed by atoms with Crippen LogP contribution in [0.3, 0.4) is 0 Å². The maximum Gasteiger partial charge on any atom is 0.472 e. The molecule has 2 aliphatic carbocycles. The zero-order chi connectivity index (χ0) is 20.8. The topological polar surface area (TPSA) is 111 Å². The van der Waals surface area contributed by atoms with E-state index in [1.807, 2.05) is 0 Å². The van der Waals surface area contributed by atoms with Crippen molar-refractivity contribution in [2.45, 2.75) is 65.4 Å². The lowest BCUT2D eigenvalue weighted by Crippen LogP contribution is -2.37. The highest BCUT2D eigenvalue weighted by Gasteiger charge is 2.50. The molecule has 4 N–H and O–H groups in total. The Morgan fingerprint density at radius 1 is 1.18 bits per heavy atom. The zero-order valence-electron chi connectivity index (χ0n) is 17.7. The molecule has 5 unspecified atom stereocenters. The van der Waals surface area contributed by atoms with E-state index in [-0.39, 0.29) is 31.8 Å². The number of hydrogen-bond donors (Lipinski definition) is 3. The van der Waals surface area contributed by atoms with Gasteiger partial charge in [0.1, 0.15) is 6.10 Å². The first-order chi connectivity index (χ1) is 13.2. The highest BCUT2D eigenvalue weighted by atomic mass is 31.2. The molecule has 2 saturated carbocycles. The van der Waals surface area contributed by atoms with E-state index in [0.717, 1.165) is 24.7 Å². The Bertz CT molecular complexity index is 519. The number of aliphatic hydroxyl groups excluding tert-OH is 1. The van der Waals surface area contributed by atoms with E-state index in [1.165, 1.54) is 25.7 Å². The minimum absolute atomic E-state index is 0.0575. The van der Waals surface area contributed by atoms with Crippen molar-refractivity contribution in [3.05, 3.63) is 0 Å². The summed E-state index contributed by atoms with van der Waals surface area (Å²) >= 11 is 0. The minimum Gasteiger partial charge on any atom is -0.394 e. The largest absolute Gasteiger partial charge is 0.472 e. The molecule has 2 aliphatic rings. The summed E-state index contributed by atoms with van der Waals surface area (Å²) in [6, 6.07) is 0. The van der Waals surface area contributed by atoms with Crippen LogP contribution in [0.5, 0.6) is 0 Å². The van der Waals surface area contributed by atoms with E-state index in [9.17, 15) is 14.6 Å². The first kappa shape index (κ1) is 24.3. The van der Waals surface area contributed by atoms with Gasteiger partial charge < -0.3 is 20.5 Å². The van der Waals surface area contributed by atoms with Crippen molar-refractivity contribution in [3.8, 4) is 0 Å². The van der Waals surface area contributed by atoms with E-state index in [2.05, 4.69) is 20.8 Å². The fraction of sp³-hybridized carbons (Fsp3) is 1.00. The van der Waals surface area contributed by atoms with Crippen molar-refractivity contribution in [3.63, 3.8) is 0 Å². The number of hydrogen-bond acceptors (Lipinski definition) is 6. The summed E-state index contributed by atoms with van der Waals surface area (Å²) in [6.07, 6.45) is 6.63. The van der Waals surface area contributed by atoms with Crippen molar-refractivity contribution in [1.29, 1.82) is 0 Å². The molecule has 0 aromatic rings. The van der Waals surface area contributed by atoms with Gasteiger partial charge in [-0.1, -0.05) is 33.6 Å². The summed E-state index contributed by atoms with van der Waals surface area (Å²) < 4.78 is 27.6. The number of phosphoric ester groups is 1. The molecule has 2 fully saturated rings. The molecule has 28 heavy (non-hydrogen) atoms. The van der Waals surface area contributed by atoms with Crippen molar-refractivity contribution in [2.24, 2.45) is 34.8 Å². The van der Waals surface area contributed by atoms with Crippen molar-refractivity contribution >= 4 is 7.82 Å². The van der Waals surface area contributed by atoms with Gasteiger partial charge in [-0.2, -0.15) is 0 Å². The molecule has 0 radical (unpaired) electrons. The van der Waals surface area contributed by atoms with Gasteiger partial charge in [-0.05, 0) is 54.8 Å². The highest BCUT2D eigenvalue weighted by molar-refractivity contribution is 7.47. The fourth-order valence-electron chi connectivity index (χ4n) is 5.14. The van der Waals surface area contributed by atoms with E-state index in [0.29, 0.717) is 18.4 Å². The molecule has 7 nitrogen and oxygen atoms in total. The first-order valence-corrected chi connectivity index (χ1v) is 12.3. The molecule has 0 heterocycles. The number of aliphatic hydroxyl groups is 1. The zero-order valence-corrected chi connectivity index (χ0v) is 18.6. The molecule has 0 spiro atoms. The summed E-state index contributed by atoms with van der Waals surface area (Å²) in [4.78, 5) is 9.64. The second-order valence-corrected chi connectivity index (χ2v) is 10.6. The number of phosphoric acid groups is 1. The molecular weight excluding hydrogens is 381 g/mol. The van der Waals surface area contributed by atoms with Gasteiger partial charge in [-0.25, -0.2) is 4.57 Å². The van der Waals surface area contributed by atoms with Crippen molar-refractivity contribution in [2.75, 3.05) is 33.0 Å². The fourth-order valence-corrected chi connectivity index (χ4v) is 5.90.